The van der Waals surface area contributed by atoms with E-state index in [9.17, 15) is 45.6 Å². The number of hydrogen-bond donors (Lipinski definition) is 9. The normalized spacial score (nSPS) is 26.5. The summed E-state index contributed by atoms with van der Waals surface area (Å²) in [4.78, 5) is 13.0. The molecule has 1 amide bonds. The van der Waals surface area contributed by atoms with Gasteiger partial charge in [-0.2, -0.15) is 0 Å². The summed E-state index contributed by atoms with van der Waals surface area (Å²) in [5.41, 5.74) is 0. The number of rotatable bonds is 44. The maximum absolute atomic E-state index is 13.0. The number of carbonyl (C=O) groups is 1. The maximum atomic E-state index is 13.0. The van der Waals surface area contributed by atoms with E-state index in [4.69, 9.17) is 18.9 Å². The molecule has 2 fully saturated rings. The van der Waals surface area contributed by atoms with Gasteiger partial charge in [-0.05, 0) is 12.8 Å². The zero-order valence-corrected chi connectivity index (χ0v) is 42.4. The van der Waals surface area contributed by atoms with Crippen LogP contribution in [-0.4, -0.2) is 140 Å². The molecule has 0 aromatic heterocycles. The molecule has 0 aromatic carbocycles. The van der Waals surface area contributed by atoms with Crippen molar-refractivity contribution in [2.75, 3.05) is 19.8 Å². The molecule has 398 valence electrons. The first-order chi connectivity index (χ1) is 32.6. The molecular weight excluding hydrogens is 859 g/mol. The van der Waals surface area contributed by atoms with E-state index in [0.717, 1.165) is 57.8 Å². The van der Waals surface area contributed by atoms with Crippen LogP contribution in [0, 0.1) is 0 Å². The SMILES string of the molecule is CCCCCCCCCCCCCCCCCCCCCCCCCCCCCC(O)C(COC1OC(CO)C(OC2OC(CO)C(O)C(O)C2O)C(O)C1O)NC(=O)CCCCCCCC. The summed E-state index contributed by atoms with van der Waals surface area (Å²) >= 11 is 0. The topological polar surface area (TPSA) is 228 Å². The molecule has 14 nitrogen and oxygen atoms in total. The molecule has 12 atom stereocenters. The molecule has 0 saturated carbocycles. The lowest BCUT2D eigenvalue weighted by atomic mass is 9.97. The predicted molar refractivity (Wildman–Crippen MR) is 263 cm³/mol. The Bertz CT molecular complexity index is 1140. The van der Waals surface area contributed by atoms with Gasteiger partial charge in [0.05, 0.1) is 32.0 Å². The quantitative estimate of drug-likeness (QED) is 0.0263. The molecule has 2 aliphatic rings. The smallest absolute Gasteiger partial charge is 0.220 e. The Labute approximate surface area is 406 Å². The van der Waals surface area contributed by atoms with E-state index in [0.29, 0.717) is 12.8 Å². The number of carbonyl (C=O) groups excluding carboxylic acids is 1. The number of aliphatic hydroxyl groups is 8. The van der Waals surface area contributed by atoms with Crippen molar-refractivity contribution >= 4 is 5.91 Å². The van der Waals surface area contributed by atoms with Crippen LogP contribution >= 0.6 is 0 Å². The second-order valence-corrected chi connectivity index (χ2v) is 20.1. The fraction of sp³-hybridized carbons (Fsp3) is 0.981. The Morgan fingerprint density at radius 3 is 1.27 bits per heavy atom. The van der Waals surface area contributed by atoms with Gasteiger partial charge in [0.2, 0.25) is 5.91 Å². The highest BCUT2D eigenvalue weighted by molar-refractivity contribution is 5.76. The molecule has 0 radical (unpaired) electrons. The van der Waals surface area contributed by atoms with Crippen molar-refractivity contribution < 1.29 is 64.6 Å². The summed E-state index contributed by atoms with van der Waals surface area (Å²) < 4.78 is 22.7. The summed E-state index contributed by atoms with van der Waals surface area (Å²) in [5, 5.41) is 86.7. The minimum absolute atomic E-state index is 0.213. The molecule has 14 heteroatoms. The standard InChI is InChI=1S/C53H103NO13/c1-3-5-7-9-11-12-13-14-15-16-17-18-19-20-21-22-23-24-25-26-27-28-29-30-31-32-34-36-42(57)41(54-45(58)37-35-33-10-8-6-4-2)40-64-52-50(63)48(61)51(44(39-56)66-52)67-53-49(62)47(60)46(59)43(38-55)65-53/h41-44,46-53,55-57,59-63H,3-40H2,1-2H3,(H,54,58). The molecule has 0 aromatic rings. The highest BCUT2D eigenvalue weighted by Gasteiger charge is 2.51. The first-order valence-electron chi connectivity index (χ1n) is 27.8. The maximum Gasteiger partial charge on any atom is 0.220 e. The summed E-state index contributed by atoms with van der Waals surface area (Å²) in [7, 11) is 0. The van der Waals surface area contributed by atoms with Gasteiger partial charge >= 0.3 is 0 Å². The van der Waals surface area contributed by atoms with Gasteiger partial charge in [-0.1, -0.05) is 219 Å². The molecule has 12 unspecified atom stereocenters. The molecular formula is C53H103NO13. The highest BCUT2D eigenvalue weighted by atomic mass is 16.7. The molecule has 0 bridgehead atoms. The second-order valence-electron chi connectivity index (χ2n) is 20.1. The molecule has 0 spiro atoms. The van der Waals surface area contributed by atoms with Crippen molar-refractivity contribution in [1.82, 2.24) is 5.32 Å². The van der Waals surface area contributed by atoms with E-state index >= 15 is 0 Å². The Morgan fingerprint density at radius 2 is 0.851 bits per heavy atom. The van der Waals surface area contributed by atoms with Crippen LogP contribution in [0.1, 0.15) is 239 Å². The van der Waals surface area contributed by atoms with Crippen molar-refractivity contribution in [3.8, 4) is 0 Å². The van der Waals surface area contributed by atoms with Gasteiger partial charge < -0.3 is 65.1 Å². The first kappa shape index (κ1) is 62.1. The number of unbranched alkanes of at least 4 members (excludes halogenated alkanes) is 31. The summed E-state index contributed by atoms with van der Waals surface area (Å²) in [5.74, 6) is -0.213. The fourth-order valence-corrected chi connectivity index (χ4v) is 9.53. The molecule has 2 rings (SSSR count). The van der Waals surface area contributed by atoms with E-state index in [1.807, 2.05) is 0 Å². The average molecular weight is 962 g/mol. The third-order valence-electron chi connectivity index (χ3n) is 14.1. The molecule has 2 heterocycles. The number of aliphatic hydroxyl groups excluding tert-OH is 8. The monoisotopic (exact) mass is 962 g/mol. The minimum Gasteiger partial charge on any atom is -0.394 e. The van der Waals surface area contributed by atoms with Crippen LogP contribution < -0.4 is 5.32 Å². The van der Waals surface area contributed by atoms with Crippen LogP contribution in [0.2, 0.25) is 0 Å². The van der Waals surface area contributed by atoms with Gasteiger partial charge in [-0.25, -0.2) is 0 Å². The molecule has 0 aliphatic carbocycles. The van der Waals surface area contributed by atoms with E-state index in [2.05, 4.69) is 19.2 Å². The van der Waals surface area contributed by atoms with Crippen molar-refractivity contribution in [2.24, 2.45) is 0 Å². The van der Waals surface area contributed by atoms with Gasteiger partial charge in [0.15, 0.2) is 12.6 Å². The summed E-state index contributed by atoms with van der Waals surface area (Å²) in [6.07, 6.45) is 26.0. The number of hydrogen-bond acceptors (Lipinski definition) is 13. The Balaban J connectivity index is 1.63. The Morgan fingerprint density at radius 1 is 0.478 bits per heavy atom. The largest absolute Gasteiger partial charge is 0.394 e. The summed E-state index contributed by atoms with van der Waals surface area (Å²) in [6.45, 7) is 2.80. The first-order valence-corrected chi connectivity index (χ1v) is 27.8. The highest BCUT2D eigenvalue weighted by Crippen LogP contribution is 2.30. The molecule has 2 saturated heterocycles. The van der Waals surface area contributed by atoms with E-state index < -0.39 is 86.8 Å². The predicted octanol–water partition coefficient (Wildman–Crippen LogP) is 8.17. The van der Waals surface area contributed by atoms with Crippen molar-refractivity contribution in [1.29, 1.82) is 0 Å². The number of amides is 1. The van der Waals surface area contributed by atoms with Crippen LogP contribution in [0.4, 0.5) is 0 Å². The van der Waals surface area contributed by atoms with Crippen LogP contribution in [-0.2, 0) is 23.7 Å². The van der Waals surface area contributed by atoms with Crippen LogP contribution in [0.25, 0.3) is 0 Å². The van der Waals surface area contributed by atoms with Gasteiger partial charge in [0, 0.05) is 6.42 Å². The van der Waals surface area contributed by atoms with Gasteiger partial charge in [0.1, 0.15) is 48.8 Å². The number of ether oxygens (including phenoxy) is 4. The average Bonchev–Trinajstić information content (AvgIpc) is 3.32. The van der Waals surface area contributed by atoms with Crippen molar-refractivity contribution in [3.63, 3.8) is 0 Å². The van der Waals surface area contributed by atoms with Gasteiger partial charge in [-0.15, -0.1) is 0 Å². The molecule has 2 aliphatic heterocycles. The number of nitrogens with one attached hydrogen (secondary N) is 1. The van der Waals surface area contributed by atoms with Gasteiger partial charge in [0.25, 0.3) is 0 Å². The minimum atomic E-state index is -1.78. The lowest BCUT2D eigenvalue weighted by Crippen LogP contribution is -2.65. The van der Waals surface area contributed by atoms with Crippen LogP contribution in [0.3, 0.4) is 0 Å². The van der Waals surface area contributed by atoms with Crippen molar-refractivity contribution in [3.05, 3.63) is 0 Å². The van der Waals surface area contributed by atoms with Gasteiger partial charge in [-0.3, -0.25) is 4.79 Å². The van der Waals surface area contributed by atoms with E-state index in [1.165, 1.54) is 154 Å². The second kappa shape index (κ2) is 40.6. The summed E-state index contributed by atoms with van der Waals surface area (Å²) in [6, 6.07) is -0.819. The third kappa shape index (κ3) is 27.4. The molecule has 67 heavy (non-hydrogen) atoms. The van der Waals surface area contributed by atoms with E-state index in [1.54, 1.807) is 0 Å². The Kier molecular flexibility index (Phi) is 37.6. The fourth-order valence-electron chi connectivity index (χ4n) is 9.53. The lowest BCUT2D eigenvalue weighted by Gasteiger charge is -2.46. The lowest BCUT2D eigenvalue weighted by molar-refractivity contribution is -0.359. The van der Waals surface area contributed by atoms with Crippen molar-refractivity contribution in [2.45, 2.75) is 312 Å². The zero-order valence-electron chi connectivity index (χ0n) is 42.4. The third-order valence-corrected chi connectivity index (χ3v) is 14.1. The van der Waals surface area contributed by atoms with E-state index in [-0.39, 0.29) is 12.5 Å². The zero-order chi connectivity index (χ0) is 48.9. The van der Waals surface area contributed by atoms with Crippen LogP contribution in [0.5, 0.6) is 0 Å². The Hall–Kier alpha value is -1.01. The van der Waals surface area contributed by atoms with Crippen LogP contribution in [0.15, 0.2) is 0 Å². The molecule has 9 N–H and O–H groups in total.